The van der Waals surface area contributed by atoms with Crippen molar-refractivity contribution >= 4 is 28.3 Å². The molecule has 1 saturated heterocycles. The molecule has 5 heteroatoms. The fourth-order valence-corrected chi connectivity index (χ4v) is 6.28. The van der Waals surface area contributed by atoms with Crippen molar-refractivity contribution in [2.75, 3.05) is 25.0 Å². The van der Waals surface area contributed by atoms with Gasteiger partial charge >= 0.3 is 0 Å². The minimum absolute atomic E-state index is 0.0799. The molecule has 0 radical (unpaired) electrons. The number of carbonyl (C=O) groups excluding carboxylic acids is 2. The molecule has 3 aliphatic rings. The highest BCUT2D eigenvalue weighted by atomic mass is 16.2. The lowest BCUT2D eigenvalue weighted by Crippen LogP contribution is -2.47. The summed E-state index contributed by atoms with van der Waals surface area (Å²) in [7, 11) is 1.63. The van der Waals surface area contributed by atoms with Crippen molar-refractivity contribution in [3.63, 3.8) is 0 Å². The Morgan fingerprint density at radius 3 is 2.48 bits per heavy atom. The summed E-state index contributed by atoms with van der Waals surface area (Å²) >= 11 is 0. The molecule has 0 spiro atoms. The average Bonchev–Trinajstić information content (AvgIpc) is 3.36. The van der Waals surface area contributed by atoms with Gasteiger partial charge in [0.05, 0.1) is 5.92 Å². The zero-order valence-electron chi connectivity index (χ0n) is 19.0. The van der Waals surface area contributed by atoms with E-state index in [0.29, 0.717) is 6.04 Å². The molecule has 3 aromatic rings. The number of carbonyl (C=O) groups is 2. The number of fused-ring (bicyclic) bond motifs is 1. The molecule has 1 unspecified atom stereocenters. The summed E-state index contributed by atoms with van der Waals surface area (Å²) < 4.78 is 0. The van der Waals surface area contributed by atoms with E-state index in [0.717, 1.165) is 43.6 Å². The number of nitrogens with one attached hydrogen (secondary N) is 1. The van der Waals surface area contributed by atoms with Gasteiger partial charge in [0.25, 0.3) is 0 Å². The van der Waals surface area contributed by atoms with Gasteiger partial charge < -0.3 is 10.2 Å². The Labute approximate surface area is 194 Å². The maximum Gasteiger partial charge on any atom is 0.235 e. The number of amides is 2. The van der Waals surface area contributed by atoms with E-state index in [4.69, 9.17) is 0 Å². The van der Waals surface area contributed by atoms with Crippen LogP contribution in [0.25, 0.3) is 10.8 Å². The summed E-state index contributed by atoms with van der Waals surface area (Å²) in [6.45, 7) is 1.96. The van der Waals surface area contributed by atoms with E-state index in [1.807, 2.05) is 29.2 Å². The standard InChI is InChI=1S/C28H29N3O2/c1-29-26(32)17-23-21-9-2-3-11-24(21)31(28(23)33)20-12-14-30(15-13-20)25-16-19-8-4-6-18-7-5-10-22(25)27(18)19/h2-11,20,23,25H,12-17H2,1H3,(H,29,32)/t23-,25?/m0/s1. The number of para-hydroxylation sites is 1. The van der Waals surface area contributed by atoms with E-state index in [-0.39, 0.29) is 30.2 Å². The molecule has 33 heavy (non-hydrogen) atoms. The predicted molar refractivity (Wildman–Crippen MR) is 130 cm³/mol. The first kappa shape index (κ1) is 20.4. The summed E-state index contributed by atoms with van der Waals surface area (Å²) in [6.07, 6.45) is 3.19. The summed E-state index contributed by atoms with van der Waals surface area (Å²) in [5.41, 5.74) is 4.89. The second-order valence-electron chi connectivity index (χ2n) is 9.55. The van der Waals surface area contributed by atoms with Crippen molar-refractivity contribution in [3.8, 4) is 0 Å². The molecule has 6 rings (SSSR count). The molecule has 5 nitrogen and oxygen atoms in total. The first-order chi connectivity index (χ1) is 16.2. The van der Waals surface area contributed by atoms with Gasteiger partial charge in [0.15, 0.2) is 0 Å². The van der Waals surface area contributed by atoms with Crippen LogP contribution in [0.15, 0.2) is 60.7 Å². The maximum atomic E-state index is 13.5. The largest absolute Gasteiger partial charge is 0.359 e. The Kier molecular flexibility index (Phi) is 4.95. The van der Waals surface area contributed by atoms with Crippen molar-refractivity contribution in [1.29, 1.82) is 0 Å². The third-order valence-electron chi connectivity index (χ3n) is 7.88. The number of benzene rings is 3. The number of likely N-dealkylation sites (tertiary alicyclic amines) is 1. The highest BCUT2D eigenvalue weighted by Crippen LogP contribution is 2.44. The van der Waals surface area contributed by atoms with E-state index in [1.165, 1.54) is 21.9 Å². The van der Waals surface area contributed by atoms with Crippen LogP contribution in [0.5, 0.6) is 0 Å². The topological polar surface area (TPSA) is 52.7 Å². The molecule has 1 aliphatic carbocycles. The molecular weight excluding hydrogens is 410 g/mol. The Morgan fingerprint density at radius 2 is 1.70 bits per heavy atom. The van der Waals surface area contributed by atoms with Crippen LogP contribution >= 0.6 is 0 Å². The lowest BCUT2D eigenvalue weighted by molar-refractivity contribution is -0.126. The van der Waals surface area contributed by atoms with Crippen molar-refractivity contribution in [2.45, 2.75) is 43.7 Å². The first-order valence-corrected chi connectivity index (χ1v) is 12.0. The Bertz CT molecular complexity index is 1240. The lowest BCUT2D eigenvalue weighted by atomic mass is 9.97. The van der Waals surface area contributed by atoms with Crippen LogP contribution in [-0.4, -0.2) is 42.9 Å². The van der Waals surface area contributed by atoms with Gasteiger partial charge in [-0.1, -0.05) is 54.6 Å². The molecule has 3 aromatic carbocycles. The molecular formula is C28H29N3O2. The maximum absolute atomic E-state index is 13.5. The minimum atomic E-state index is -0.374. The lowest BCUT2D eigenvalue weighted by Gasteiger charge is -2.40. The SMILES string of the molecule is CNC(=O)C[C@@H]1C(=O)N(C2CCN(C3Cc4cccc5cccc3c45)CC2)c2ccccc21. The molecule has 2 amide bonds. The second kappa shape index (κ2) is 7.99. The molecule has 0 saturated carbocycles. The molecule has 2 heterocycles. The zero-order chi connectivity index (χ0) is 22.5. The zero-order valence-corrected chi connectivity index (χ0v) is 19.0. The fourth-order valence-electron chi connectivity index (χ4n) is 6.28. The van der Waals surface area contributed by atoms with Gasteiger partial charge in [-0.15, -0.1) is 0 Å². The van der Waals surface area contributed by atoms with Gasteiger partial charge in [0.1, 0.15) is 0 Å². The number of piperidine rings is 1. The van der Waals surface area contributed by atoms with Gasteiger partial charge in [-0.3, -0.25) is 14.5 Å². The fraction of sp³-hybridized carbons (Fsp3) is 0.357. The monoisotopic (exact) mass is 439 g/mol. The van der Waals surface area contributed by atoms with E-state index in [9.17, 15) is 9.59 Å². The molecule has 0 aromatic heterocycles. The summed E-state index contributed by atoms with van der Waals surface area (Å²) in [6, 6.07) is 21.9. The molecule has 0 bridgehead atoms. The Morgan fingerprint density at radius 1 is 0.970 bits per heavy atom. The van der Waals surface area contributed by atoms with Gasteiger partial charge in [0, 0.05) is 44.3 Å². The average molecular weight is 440 g/mol. The van der Waals surface area contributed by atoms with Crippen molar-refractivity contribution < 1.29 is 9.59 Å². The van der Waals surface area contributed by atoms with Crippen molar-refractivity contribution in [3.05, 3.63) is 77.4 Å². The quantitative estimate of drug-likeness (QED) is 0.664. The molecule has 1 N–H and O–H groups in total. The number of anilines is 1. The van der Waals surface area contributed by atoms with Crippen LogP contribution in [-0.2, 0) is 16.0 Å². The predicted octanol–water partition coefficient (Wildman–Crippen LogP) is 4.17. The van der Waals surface area contributed by atoms with Crippen LogP contribution < -0.4 is 10.2 Å². The highest BCUT2D eigenvalue weighted by Gasteiger charge is 2.43. The number of rotatable bonds is 4. The number of hydrogen-bond donors (Lipinski definition) is 1. The van der Waals surface area contributed by atoms with Gasteiger partial charge in [0.2, 0.25) is 11.8 Å². The molecule has 2 aliphatic heterocycles. The van der Waals surface area contributed by atoms with Crippen molar-refractivity contribution in [1.82, 2.24) is 10.2 Å². The van der Waals surface area contributed by atoms with Crippen LogP contribution in [0.3, 0.4) is 0 Å². The smallest absolute Gasteiger partial charge is 0.235 e. The number of nitrogens with zero attached hydrogens (tertiary/aromatic N) is 2. The van der Waals surface area contributed by atoms with Gasteiger partial charge in [-0.05, 0) is 52.8 Å². The molecule has 168 valence electrons. The van der Waals surface area contributed by atoms with Crippen LogP contribution in [0.1, 0.15) is 47.9 Å². The van der Waals surface area contributed by atoms with E-state index in [1.54, 1.807) is 7.05 Å². The Balaban J connectivity index is 1.21. The summed E-state index contributed by atoms with van der Waals surface area (Å²) in [4.78, 5) is 30.2. The third kappa shape index (κ3) is 3.25. The second-order valence-corrected chi connectivity index (χ2v) is 9.55. The number of hydrogen-bond acceptors (Lipinski definition) is 3. The third-order valence-corrected chi connectivity index (χ3v) is 7.88. The first-order valence-electron chi connectivity index (χ1n) is 12.0. The Hall–Kier alpha value is -3.18. The van der Waals surface area contributed by atoms with Gasteiger partial charge in [-0.2, -0.15) is 0 Å². The van der Waals surface area contributed by atoms with Crippen LogP contribution in [0.4, 0.5) is 5.69 Å². The van der Waals surface area contributed by atoms with Crippen LogP contribution in [0.2, 0.25) is 0 Å². The van der Waals surface area contributed by atoms with E-state index in [2.05, 4.69) is 46.6 Å². The highest BCUT2D eigenvalue weighted by molar-refractivity contribution is 6.07. The van der Waals surface area contributed by atoms with E-state index < -0.39 is 0 Å². The normalized spacial score (nSPS) is 22.7. The van der Waals surface area contributed by atoms with Gasteiger partial charge in [-0.25, -0.2) is 0 Å². The van der Waals surface area contributed by atoms with Crippen molar-refractivity contribution in [2.24, 2.45) is 0 Å². The minimum Gasteiger partial charge on any atom is -0.359 e. The molecule has 2 atom stereocenters. The summed E-state index contributed by atoms with van der Waals surface area (Å²) in [5.74, 6) is -0.382. The molecule has 1 fully saturated rings. The van der Waals surface area contributed by atoms with E-state index >= 15 is 0 Å². The van der Waals surface area contributed by atoms with Crippen LogP contribution in [0, 0.1) is 0 Å². The summed E-state index contributed by atoms with van der Waals surface area (Å²) in [5, 5.41) is 5.45.